The Labute approximate surface area is 135 Å². The van der Waals surface area contributed by atoms with Crippen LogP contribution in [0.5, 0.6) is 0 Å². The lowest BCUT2D eigenvalue weighted by Crippen LogP contribution is -2.40. The van der Waals surface area contributed by atoms with Gasteiger partial charge in [0.05, 0.1) is 0 Å². The van der Waals surface area contributed by atoms with E-state index in [1.807, 2.05) is 25.1 Å². The van der Waals surface area contributed by atoms with E-state index in [9.17, 15) is 9.59 Å². The summed E-state index contributed by atoms with van der Waals surface area (Å²) in [6.07, 6.45) is 3.43. The molecule has 5 nitrogen and oxygen atoms in total. The van der Waals surface area contributed by atoms with Crippen molar-refractivity contribution in [1.82, 2.24) is 5.32 Å². The average Bonchev–Trinajstić information content (AvgIpc) is 3.16. The van der Waals surface area contributed by atoms with Crippen molar-refractivity contribution in [1.29, 1.82) is 0 Å². The molecule has 1 fully saturated rings. The molecule has 5 heteroatoms. The van der Waals surface area contributed by atoms with Gasteiger partial charge >= 0.3 is 5.97 Å². The van der Waals surface area contributed by atoms with Crippen molar-refractivity contribution in [3.8, 4) is 0 Å². The third-order valence-electron chi connectivity index (χ3n) is 4.38. The van der Waals surface area contributed by atoms with Crippen LogP contribution in [0.15, 0.2) is 28.7 Å². The fraction of sp³-hybridized carbons (Fsp3) is 0.444. The number of hydrogen-bond acceptors (Lipinski definition) is 4. The normalized spacial score (nSPS) is 16.4. The molecule has 0 saturated heterocycles. The minimum atomic E-state index is -0.837. The Bertz CT molecular complexity index is 728. The van der Waals surface area contributed by atoms with Crippen LogP contribution in [-0.2, 0) is 9.53 Å². The van der Waals surface area contributed by atoms with E-state index >= 15 is 0 Å². The quantitative estimate of drug-likeness (QED) is 0.879. The highest BCUT2D eigenvalue weighted by Gasteiger charge is 2.26. The second kappa shape index (κ2) is 6.44. The molecule has 1 saturated carbocycles. The summed E-state index contributed by atoms with van der Waals surface area (Å²) in [5.74, 6) is -0.696. The van der Waals surface area contributed by atoms with Gasteiger partial charge in [0.25, 0.3) is 5.91 Å². The van der Waals surface area contributed by atoms with E-state index in [1.165, 1.54) is 0 Å². The van der Waals surface area contributed by atoms with Gasteiger partial charge in [0.15, 0.2) is 6.10 Å². The summed E-state index contributed by atoms with van der Waals surface area (Å²) < 4.78 is 10.8. The van der Waals surface area contributed by atoms with Gasteiger partial charge in [-0.3, -0.25) is 4.79 Å². The number of rotatable bonds is 4. The summed E-state index contributed by atoms with van der Waals surface area (Å²) in [6.45, 7) is 3.39. The summed E-state index contributed by atoms with van der Waals surface area (Å²) in [5, 5.41) is 3.81. The van der Waals surface area contributed by atoms with E-state index < -0.39 is 12.1 Å². The molecule has 122 valence electrons. The van der Waals surface area contributed by atoms with Crippen LogP contribution in [0.2, 0.25) is 0 Å². The van der Waals surface area contributed by atoms with E-state index in [2.05, 4.69) is 5.32 Å². The van der Waals surface area contributed by atoms with E-state index in [0.29, 0.717) is 5.58 Å². The molecule has 1 aromatic heterocycles. The molecule has 0 aliphatic heterocycles. The van der Waals surface area contributed by atoms with Crippen molar-refractivity contribution in [2.75, 3.05) is 0 Å². The number of carbonyl (C=O) groups excluding carboxylic acids is 2. The van der Waals surface area contributed by atoms with Gasteiger partial charge in [0.1, 0.15) is 5.58 Å². The zero-order chi connectivity index (χ0) is 16.4. The molecule has 3 rings (SSSR count). The van der Waals surface area contributed by atoms with Crippen LogP contribution in [0.3, 0.4) is 0 Å². The van der Waals surface area contributed by atoms with Crippen molar-refractivity contribution >= 4 is 22.8 Å². The first kappa shape index (κ1) is 15.6. The summed E-state index contributed by atoms with van der Waals surface area (Å²) >= 11 is 0. The zero-order valence-corrected chi connectivity index (χ0v) is 13.4. The molecule has 1 amide bonds. The summed E-state index contributed by atoms with van der Waals surface area (Å²) in [5.41, 5.74) is 1.37. The van der Waals surface area contributed by atoms with Crippen molar-refractivity contribution in [2.24, 2.45) is 0 Å². The predicted octanol–water partition coefficient (Wildman–Crippen LogP) is 3.35. The Hall–Kier alpha value is -2.30. The van der Waals surface area contributed by atoms with Crippen molar-refractivity contribution in [3.05, 3.63) is 35.6 Å². The monoisotopic (exact) mass is 315 g/mol. The maximum absolute atomic E-state index is 12.3. The highest BCUT2D eigenvalue weighted by molar-refractivity contribution is 5.97. The topological polar surface area (TPSA) is 68.5 Å². The fourth-order valence-corrected chi connectivity index (χ4v) is 3.03. The van der Waals surface area contributed by atoms with Crippen LogP contribution in [0.1, 0.15) is 48.7 Å². The maximum atomic E-state index is 12.3. The van der Waals surface area contributed by atoms with Gasteiger partial charge in [-0.15, -0.1) is 0 Å². The molecule has 1 atom stereocenters. The standard InChI is InChI=1S/C18H21NO4/c1-11-14-9-5-6-10-15(14)23-16(11)18(21)22-12(2)17(20)19-13-7-3-4-8-13/h5-6,9-10,12-13H,3-4,7-8H2,1-2H3,(H,19,20)/t12-/m1/s1. The number of esters is 1. The number of ether oxygens (including phenoxy) is 1. The number of fused-ring (bicyclic) bond motifs is 1. The lowest BCUT2D eigenvalue weighted by molar-refractivity contribution is -0.129. The number of aryl methyl sites for hydroxylation is 1. The van der Waals surface area contributed by atoms with Gasteiger partial charge in [-0.2, -0.15) is 0 Å². The molecule has 0 unspecified atom stereocenters. The molecule has 1 aliphatic rings. The fourth-order valence-electron chi connectivity index (χ4n) is 3.03. The first-order chi connectivity index (χ1) is 11.1. The number of para-hydroxylation sites is 1. The lowest BCUT2D eigenvalue weighted by atomic mass is 10.1. The Kier molecular flexibility index (Phi) is 4.37. The van der Waals surface area contributed by atoms with E-state index in [0.717, 1.165) is 36.6 Å². The Balaban J connectivity index is 1.67. The average molecular weight is 315 g/mol. The van der Waals surface area contributed by atoms with Crippen molar-refractivity contribution < 1.29 is 18.7 Å². The van der Waals surface area contributed by atoms with E-state index in [1.54, 1.807) is 13.0 Å². The molecule has 2 aromatic rings. The lowest BCUT2D eigenvalue weighted by Gasteiger charge is -2.16. The first-order valence-electron chi connectivity index (χ1n) is 8.05. The van der Waals surface area contributed by atoms with E-state index in [4.69, 9.17) is 9.15 Å². The SMILES string of the molecule is Cc1c(C(=O)O[C@H](C)C(=O)NC2CCCC2)oc2ccccc12. The molecule has 1 N–H and O–H groups in total. The van der Waals surface area contributed by atoms with Crippen molar-refractivity contribution in [2.45, 2.75) is 51.7 Å². The molecule has 1 aromatic carbocycles. The number of carbonyl (C=O) groups is 2. The van der Waals surface area contributed by atoms with Crippen LogP contribution < -0.4 is 5.32 Å². The summed E-state index contributed by atoms with van der Waals surface area (Å²) in [7, 11) is 0. The second-order valence-corrected chi connectivity index (χ2v) is 6.09. The third-order valence-corrected chi connectivity index (χ3v) is 4.38. The van der Waals surface area contributed by atoms with Crippen LogP contribution in [0.25, 0.3) is 11.0 Å². The number of amides is 1. The highest BCUT2D eigenvalue weighted by atomic mass is 16.6. The van der Waals surface area contributed by atoms with Gasteiger partial charge in [0, 0.05) is 17.0 Å². The highest BCUT2D eigenvalue weighted by Crippen LogP contribution is 2.25. The number of hydrogen-bond donors (Lipinski definition) is 1. The van der Waals surface area contributed by atoms with Gasteiger partial charge < -0.3 is 14.5 Å². The molecule has 23 heavy (non-hydrogen) atoms. The second-order valence-electron chi connectivity index (χ2n) is 6.09. The first-order valence-corrected chi connectivity index (χ1v) is 8.05. The van der Waals surface area contributed by atoms with Crippen LogP contribution in [0, 0.1) is 6.92 Å². The van der Waals surface area contributed by atoms with E-state index in [-0.39, 0.29) is 17.7 Å². The van der Waals surface area contributed by atoms with Crippen LogP contribution in [-0.4, -0.2) is 24.0 Å². The predicted molar refractivity (Wildman–Crippen MR) is 86.2 cm³/mol. The molecular weight excluding hydrogens is 294 g/mol. The van der Waals surface area contributed by atoms with Gasteiger partial charge in [0.2, 0.25) is 5.76 Å². The van der Waals surface area contributed by atoms with Crippen LogP contribution in [0.4, 0.5) is 0 Å². The maximum Gasteiger partial charge on any atom is 0.375 e. The minimum Gasteiger partial charge on any atom is -0.449 e. The smallest absolute Gasteiger partial charge is 0.375 e. The molecular formula is C18H21NO4. The molecule has 0 radical (unpaired) electrons. The summed E-state index contributed by atoms with van der Waals surface area (Å²) in [6, 6.07) is 7.63. The van der Waals surface area contributed by atoms with Gasteiger partial charge in [-0.05, 0) is 32.8 Å². The Morgan fingerprint density at radius 3 is 2.65 bits per heavy atom. The molecule has 0 bridgehead atoms. The number of nitrogens with one attached hydrogen (secondary N) is 1. The zero-order valence-electron chi connectivity index (χ0n) is 13.4. The Morgan fingerprint density at radius 2 is 1.96 bits per heavy atom. The van der Waals surface area contributed by atoms with Crippen LogP contribution >= 0.6 is 0 Å². The Morgan fingerprint density at radius 1 is 1.26 bits per heavy atom. The molecule has 1 aliphatic carbocycles. The summed E-state index contributed by atoms with van der Waals surface area (Å²) in [4.78, 5) is 24.4. The molecule has 1 heterocycles. The largest absolute Gasteiger partial charge is 0.449 e. The third kappa shape index (κ3) is 3.23. The minimum absolute atomic E-state index is 0.159. The molecule has 0 spiro atoms. The number of furan rings is 1. The van der Waals surface area contributed by atoms with Gasteiger partial charge in [-0.1, -0.05) is 31.0 Å². The van der Waals surface area contributed by atoms with Gasteiger partial charge in [-0.25, -0.2) is 4.79 Å². The van der Waals surface area contributed by atoms with Crippen molar-refractivity contribution in [3.63, 3.8) is 0 Å². The number of benzene rings is 1.